The van der Waals surface area contributed by atoms with Crippen molar-refractivity contribution in [3.05, 3.63) is 9.81 Å². The number of ether oxygens (including phenoxy) is 2. The predicted octanol–water partition coefficient (Wildman–Crippen LogP) is 4.09. The number of sulfone groups is 2. The van der Waals surface area contributed by atoms with Crippen LogP contribution in [-0.2, 0) is 38.7 Å². The summed E-state index contributed by atoms with van der Waals surface area (Å²) in [6.45, 7) is 5.16. The largest absolute Gasteiger partial charge is 0.469 e. The van der Waals surface area contributed by atoms with Gasteiger partial charge in [-0.15, -0.1) is 0 Å². The Kier molecular flexibility index (Phi) is 27.8. The summed E-state index contributed by atoms with van der Waals surface area (Å²) >= 11 is 0. The number of rotatable bonds is 18. The van der Waals surface area contributed by atoms with Gasteiger partial charge in [-0.05, 0) is 12.8 Å². The second-order valence-corrected chi connectivity index (χ2v) is 13.0. The van der Waals surface area contributed by atoms with E-state index in [4.69, 9.17) is 10.2 Å². The molecule has 38 heavy (non-hydrogen) atoms. The zero-order valence-electron chi connectivity index (χ0n) is 24.3. The fourth-order valence-corrected chi connectivity index (χ4v) is 5.70. The van der Waals surface area contributed by atoms with Crippen molar-refractivity contribution in [3.63, 3.8) is 0 Å². The fourth-order valence-electron chi connectivity index (χ4n) is 3.06. The number of esters is 2. The highest BCUT2D eigenvalue weighted by atomic mass is 32.2. The van der Waals surface area contributed by atoms with Gasteiger partial charge in [-0.25, -0.2) is 16.8 Å². The lowest BCUT2D eigenvalue weighted by Gasteiger charge is -2.11. The van der Waals surface area contributed by atoms with Crippen molar-refractivity contribution in [2.24, 2.45) is 0 Å². The van der Waals surface area contributed by atoms with Gasteiger partial charge in [-0.3, -0.25) is 9.59 Å². The summed E-state index contributed by atoms with van der Waals surface area (Å²) in [6, 6.07) is 0. The van der Waals surface area contributed by atoms with Crippen molar-refractivity contribution in [1.29, 1.82) is 0 Å². The molecule has 0 aliphatic heterocycles. The van der Waals surface area contributed by atoms with Crippen LogP contribution in [0.15, 0.2) is 9.81 Å². The van der Waals surface area contributed by atoms with Crippen LogP contribution in [0.4, 0.5) is 0 Å². The van der Waals surface area contributed by atoms with Crippen molar-refractivity contribution in [1.82, 2.24) is 0 Å². The third-order valence-corrected chi connectivity index (χ3v) is 8.00. The fraction of sp³-hybridized carbons (Fsp3) is 0.846. The molecule has 0 amide bonds. The summed E-state index contributed by atoms with van der Waals surface area (Å²) in [6.07, 6.45) is 14.9. The number of hydrogen-bond acceptors (Lipinski definition) is 10. The van der Waals surface area contributed by atoms with Gasteiger partial charge in [0.1, 0.15) is 0 Å². The van der Waals surface area contributed by atoms with Crippen LogP contribution >= 0.6 is 0 Å². The summed E-state index contributed by atoms with van der Waals surface area (Å²) in [5.74, 6) is -1.87. The Morgan fingerprint density at radius 2 is 0.816 bits per heavy atom. The molecule has 0 atom stereocenters. The summed E-state index contributed by atoms with van der Waals surface area (Å²) in [4.78, 5) is 21.1. The van der Waals surface area contributed by atoms with Gasteiger partial charge in [-0.2, -0.15) is 0 Å². The zero-order valence-corrected chi connectivity index (χ0v) is 25.9. The maximum absolute atomic E-state index is 11.7. The lowest BCUT2D eigenvalue weighted by atomic mass is 10.1. The maximum Gasteiger partial charge on any atom is 0.310 e. The molecule has 12 heteroatoms. The van der Waals surface area contributed by atoms with Crippen LogP contribution in [0.5, 0.6) is 0 Å². The third kappa shape index (κ3) is 26.1. The van der Waals surface area contributed by atoms with Crippen molar-refractivity contribution in [2.45, 2.75) is 104 Å². The van der Waals surface area contributed by atoms with E-state index in [2.05, 4.69) is 23.3 Å². The van der Waals surface area contributed by atoms with Crippen LogP contribution in [0.2, 0.25) is 0 Å². The highest BCUT2D eigenvalue weighted by Crippen LogP contribution is 2.24. The van der Waals surface area contributed by atoms with Crippen LogP contribution in [0.3, 0.4) is 0 Å². The lowest BCUT2D eigenvalue weighted by Crippen LogP contribution is -2.18. The lowest BCUT2D eigenvalue weighted by molar-refractivity contribution is -0.140. The third-order valence-electron chi connectivity index (χ3n) is 5.29. The molecular formula is C26H52O10S2. The molecule has 2 N–H and O–H groups in total. The number of methoxy groups -OCH3 is 2. The summed E-state index contributed by atoms with van der Waals surface area (Å²) in [5.41, 5.74) is 0. The minimum atomic E-state index is -4.01. The molecule has 10 nitrogen and oxygen atoms in total. The minimum Gasteiger partial charge on any atom is -0.469 e. The molecule has 0 fully saturated rings. The molecule has 0 aliphatic carbocycles. The Hall–Kier alpha value is -1.50. The second kappa shape index (κ2) is 25.8. The van der Waals surface area contributed by atoms with E-state index in [1.165, 1.54) is 64.2 Å². The summed E-state index contributed by atoms with van der Waals surface area (Å²) < 4.78 is 55.3. The molecule has 228 valence electrons. The Balaban J connectivity index is -0.000000563. The zero-order chi connectivity index (χ0) is 30.0. The molecule has 0 heterocycles. The summed E-state index contributed by atoms with van der Waals surface area (Å²) in [5, 5.41) is 16.8. The molecule has 0 unspecified atom stereocenters. The first-order chi connectivity index (χ1) is 17.8. The smallest absolute Gasteiger partial charge is 0.310 e. The normalized spacial score (nSPS) is 11.8. The molecule has 0 bridgehead atoms. The monoisotopic (exact) mass is 588 g/mol. The van der Waals surface area contributed by atoms with Crippen LogP contribution in [0.25, 0.3) is 0 Å². The van der Waals surface area contributed by atoms with Gasteiger partial charge in [0.2, 0.25) is 0 Å². The van der Waals surface area contributed by atoms with Crippen molar-refractivity contribution in [3.8, 4) is 0 Å². The molecular weight excluding hydrogens is 536 g/mol. The SMILES string of the molecule is CCCCCCCCO.CCCCCCCCO.COC(=O)C/C(=C(\CC(=O)OC)S(C)(=O)=O)S(C)(=O)=O. The number of unbranched alkanes of at least 4 members (excludes halogenated alkanes) is 10. The molecule has 0 saturated carbocycles. The van der Waals surface area contributed by atoms with Crippen molar-refractivity contribution in [2.75, 3.05) is 39.9 Å². The Morgan fingerprint density at radius 1 is 0.553 bits per heavy atom. The maximum atomic E-state index is 11.7. The van der Waals surface area contributed by atoms with Gasteiger partial charge in [0.15, 0.2) is 19.7 Å². The van der Waals surface area contributed by atoms with Crippen LogP contribution in [0, 0.1) is 0 Å². The van der Waals surface area contributed by atoms with E-state index >= 15 is 0 Å². The van der Waals surface area contributed by atoms with Gasteiger partial charge < -0.3 is 19.7 Å². The average Bonchev–Trinajstić information content (AvgIpc) is 2.85. The second-order valence-electron chi connectivity index (χ2n) is 8.88. The van der Waals surface area contributed by atoms with Gasteiger partial charge in [0.25, 0.3) is 0 Å². The van der Waals surface area contributed by atoms with E-state index in [1.807, 2.05) is 0 Å². The first-order valence-electron chi connectivity index (χ1n) is 13.2. The molecule has 0 rings (SSSR count). The van der Waals surface area contributed by atoms with Crippen LogP contribution < -0.4 is 0 Å². The van der Waals surface area contributed by atoms with Gasteiger partial charge >= 0.3 is 11.9 Å². The number of carbonyl (C=O) groups is 2. The van der Waals surface area contributed by atoms with E-state index in [9.17, 15) is 26.4 Å². The first kappa shape index (κ1) is 41.0. The predicted molar refractivity (Wildman–Crippen MR) is 151 cm³/mol. The molecule has 0 saturated heterocycles. The number of hydrogen-bond donors (Lipinski definition) is 2. The molecule has 0 aromatic heterocycles. The quantitative estimate of drug-likeness (QED) is 0.176. The van der Waals surface area contributed by atoms with Gasteiger partial charge in [0, 0.05) is 25.7 Å². The van der Waals surface area contributed by atoms with Crippen LogP contribution in [0.1, 0.15) is 104 Å². The van der Waals surface area contributed by atoms with E-state index in [-0.39, 0.29) is 0 Å². The number of carbonyl (C=O) groups excluding carboxylic acids is 2. The van der Waals surface area contributed by atoms with E-state index in [1.54, 1.807) is 0 Å². The Bertz CT molecular complexity index is 765. The molecule has 0 aromatic rings. The van der Waals surface area contributed by atoms with Gasteiger partial charge in [0.05, 0.1) is 36.9 Å². The average molecular weight is 589 g/mol. The van der Waals surface area contributed by atoms with Crippen molar-refractivity contribution >= 4 is 31.6 Å². The topological polar surface area (TPSA) is 161 Å². The highest BCUT2D eigenvalue weighted by Gasteiger charge is 2.28. The van der Waals surface area contributed by atoms with E-state index < -0.39 is 54.3 Å². The van der Waals surface area contributed by atoms with Gasteiger partial charge in [-0.1, -0.05) is 78.1 Å². The Morgan fingerprint density at radius 3 is 1.03 bits per heavy atom. The first-order valence-corrected chi connectivity index (χ1v) is 17.0. The molecule has 0 aromatic carbocycles. The molecule has 0 spiro atoms. The molecule has 0 radical (unpaired) electrons. The van der Waals surface area contributed by atoms with Crippen LogP contribution in [-0.4, -0.2) is 78.9 Å². The van der Waals surface area contributed by atoms with Crippen molar-refractivity contribution < 1.29 is 46.1 Å². The minimum absolute atomic E-state index is 0.367. The number of aliphatic hydroxyl groups is 2. The highest BCUT2D eigenvalue weighted by molar-refractivity contribution is 7.98. The van der Waals surface area contributed by atoms with E-state index in [0.717, 1.165) is 39.6 Å². The molecule has 0 aliphatic rings. The summed E-state index contributed by atoms with van der Waals surface area (Å²) in [7, 11) is -5.97. The van der Waals surface area contributed by atoms with E-state index in [0.29, 0.717) is 13.2 Å². The Labute approximate surface area is 231 Å². The number of aliphatic hydroxyl groups excluding tert-OH is 2. The standard InChI is InChI=1S/C10H16O8S2.2C8H18O/c1-17-9(11)5-7(19(3,13)14)8(20(4,15)16)6-10(12)18-2;2*1-2-3-4-5-6-7-8-9/h5-6H2,1-4H3;2*9H,2-8H2,1H3/b8-7-;;.